The minimum atomic E-state index is 0.144. The second-order valence-corrected chi connectivity index (χ2v) is 7.46. The summed E-state index contributed by atoms with van der Waals surface area (Å²) in [6, 6.07) is 35.8. The molecule has 0 amide bonds. The summed E-state index contributed by atoms with van der Waals surface area (Å²) in [7, 11) is 0. The summed E-state index contributed by atoms with van der Waals surface area (Å²) in [6.45, 7) is 0. The second kappa shape index (κ2) is 7.37. The molecule has 0 bridgehead atoms. The molecule has 4 aromatic carbocycles. The van der Waals surface area contributed by atoms with E-state index in [-0.39, 0.29) is 12.0 Å². The van der Waals surface area contributed by atoms with Crippen molar-refractivity contribution in [3.8, 4) is 6.07 Å². The average molecular weight is 372 g/mol. The standard InChI is InChI=1S/C27H20N2/c28-18-21-15-16-24(23-14-8-7-13-22(21)23)27-25(19-9-3-1-4-10-19)17-26(29-27)20-11-5-2-6-12-20/h1-16,25-26H,17H2. The summed E-state index contributed by atoms with van der Waals surface area (Å²) in [4.78, 5) is 5.23. The first-order chi connectivity index (χ1) is 14.3. The summed E-state index contributed by atoms with van der Waals surface area (Å²) in [5.41, 5.74) is 5.50. The van der Waals surface area contributed by atoms with E-state index in [9.17, 15) is 5.26 Å². The van der Waals surface area contributed by atoms with Crippen molar-refractivity contribution >= 4 is 16.5 Å². The molecular weight excluding hydrogens is 352 g/mol. The number of hydrogen-bond acceptors (Lipinski definition) is 2. The van der Waals surface area contributed by atoms with Crippen LogP contribution in [0.3, 0.4) is 0 Å². The van der Waals surface area contributed by atoms with Crippen molar-refractivity contribution < 1.29 is 0 Å². The van der Waals surface area contributed by atoms with Gasteiger partial charge in [0.25, 0.3) is 0 Å². The maximum Gasteiger partial charge on any atom is 0.0998 e. The molecule has 0 aliphatic carbocycles. The zero-order valence-corrected chi connectivity index (χ0v) is 16.0. The van der Waals surface area contributed by atoms with Crippen LogP contribution in [0.4, 0.5) is 0 Å². The highest BCUT2D eigenvalue weighted by Crippen LogP contribution is 2.41. The topological polar surface area (TPSA) is 36.1 Å². The molecule has 0 radical (unpaired) electrons. The molecule has 1 aliphatic heterocycles. The number of aliphatic imine (C=N–C) groups is 1. The first-order valence-corrected chi connectivity index (χ1v) is 9.95. The Morgan fingerprint density at radius 2 is 1.31 bits per heavy atom. The van der Waals surface area contributed by atoms with Crippen molar-refractivity contribution in [2.45, 2.75) is 18.4 Å². The predicted octanol–water partition coefficient (Wildman–Crippen LogP) is 6.43. The van der Waals surface area contributed by atoms with Crippen molar-refractivity contribution in [3.05, 3.63) is 119 Å². The Kier molecular flexibility index (Phi) is 4.42. The minimum Gasteiger partial charge on any atom is -0.280 e. The highest BCUT2D eigenvalue weighted by atomic mass is 14.8. The molecule has 0 spiro atoms. The number of nitriles is 1. The van der Waals surface area contributed by atoms with Crippen LogP contribution in [0.1, 0.15) is 40.6 Å². The van der Waals surface area contributed by atoms with Gasteiger partial charge in [0.05, 0.1) is 23.4 Å². The molecule has 0 saturated heterocycles. The molecule has 1 heterocycles. The molecule has 1 aliphatic rings. The van der Waals surface area contributed by atoms with E-state index in [0.29, 0.717) is 5.56 Å². The molecule has 29 heavy (non-hydrogen) atoms. The van der Waals surface area contributed by atoms with Crippen molar-refractivity contribution in [1.29, 1.82) is 5.26 Å². The van der Waals surface area contributed by atoms with Gasteiger partial charge < -0.3 is 0 Å². The molecule has 2 heteroatoms. The van der Waals surface area contributed by atoms with E-state index in [4.69, 9.17) is 4.99 Å². The summed E-state index contributed by atoms with van der Waals surface area (Å²) in [5, 5.41) is 11.6. The van der Waals surface area contributed by atoms with Crippen LogP contribution < -0.4 is 0 Å². The Morgan fingerprint density at radius 1 is 0.690 bits per heavy atom. The van der Waals surface area contributed by atoms with Crippen molar-refractivity contribution in [1.82, 2.24) is 0 Å². The van der Waals surface area contributed by atoms with Gasteiger partial charge in [-0.15, -0.1) is 0 Å². The Bertz CT molecular complexity index is 1230. The first kappa shape index (κ1) is 17.4. The number of hydrogen-bond donors (Lipinski definition) is 0. The van der Waals surface area contributed by atoms with Crippen molar-refractivity contribution in [2.24, 2.45) is 4.99 Å². The van der Waals surface area contributed by atoms with Crippen molar-refractivity contribution in [3.63, 3.8) is 0 Å². The highest BCUT2D eigenvalue weighted by molar-refractivity contribution is 6.15. The number of fused-ring (bicyclic) bond motifs is 1. The van der Waals surface area contributed by atoms with Gasteiger partial charge in [0, 0.05) is 16.9 Å². The molecule has 0 N–H and O–H groups in total. The van der Waals surface area contributed by atoms with E-state index in [2.05, 4.69) is 72.8 Å². The Hall–Kier alpha value is -3.70. The number of benzene rings is 4. The van der Waals surface area contributed by atoms with Gasteiger partial charge in [-0.1, -0.05) is 91.0 Å². The summed E-state index contributed by atoms with van der Waals surface area (Å²) < 4.78 is 0. The molecule has 0 fully saturated rings. The van der Waals surface area contributed by atoms with E-state index in [1.807, 2.05) is 30.3 Å². The second-order valence-electron chi connectivity index (χ2n) is 7.46. The van der Waals surface area contributed by atoms with Gasteiger partial charge in [-0.3, -0.25) is 4.99 Å². The monoisotopic (exact) mass is 372 g/mol. The summed E-state index contributed by atoms with van der Waals surface area (Å²) in [5.74, 6) is 0.234. The normalized spacial score (nSPS) is 18.4. The van der Waals surface area contributed by atoms with Gasteiger partial charge in [-0.05, 0) is 29.0 Å². The molecule has 5 rings (SSSR count). The molecule has 138 valence electrons. The molecule has 0 aromatic heterocycles. The fourth-order valence-corrected chi connectivity index (χ4v) is 4.39. The number of nitrogens with zero attached hydrogens (tertiary/aromatic N) is 2. The van der Waals surface area contributed by atoms with Gasteiger partial charge in [0.2, 0.25) is 0 Å². The van der Waals surface area contributed by atoms with Crippen LogP contribution in [0, 0.1) is 11.3 Å². The van der Waals surface area contributed by atoms with Crippen LogP contribution in [0.15, 0.2) is 102 Å². The Labute approximate surface area is 170 Å². The molecule has 2 nitrogen and oxygen atoms in total. The quantitative estimate of drug-likeness (QED) is 0.408. The van der Waals surface area contributed by atoms with Gasteiger partial charge in [0.1, 0.15) is 0 Å². The zero-order valence-electron chi connectivity index (χ0n) is 16.0. The van der Waals surface area contributed by atoms with Gasteiger partial charge in [0.15, 0.2) is 0 Å². The maximum absolute atomic E-state index is 9.53. The van der Waals surface area contributed by atoms with Crippen LogP contribution in [-0.4, -0.2) is 5.71 Å². The van der Waals surface area contributed by atoms with Gasteiger partial charge in [-0.25, -0.2) is 0 Å². The lowest BCUT2D eigenvalue weighted by Gasteiger charge is -2.16. The molecular formula is C27H20N2. The summed E-state index contributed by atoms with van der Waals surface area (Å²) in [6.07, 6.45) is 0.956. The van der Waals surface area contributed by atoms with Crippen LogP contribution in [0.5, 0.6) is 0 Å². The average Bonchev–Trinajstić information content (AvgIpc) is 3.25. The van der Waals surface area contributed by atoms with E-state index in [0.717, 1.165) is 28.5 Å². The van der Waals surface area contributed by atoms with E-state index in [1.165, 1.54) is 11.1 Å². The molecule has 4 aromatic rings. The zero-order chi connectivity index (χ0) is 19.6. The largest absolute Gasteiger partial charge is 0.280 e. The minimum absolute atomic E-state index is 0.144. The fourth-order valence-electron chi connectivity index (χ4n) is 4.39. The van der Waals surface area contributed by atoms with E-state index < -0.39 is 0 Å². The Morgan fingerprint density at radius 3 is 2.00 bits per heavy atom. The Balaban J connectivity index is 1.70. The molecule has 2 unspecified atom stereocenters. The van der Waals surface area contributed by atoms with E-state index >= 15 is 0 Å². The fraction of sp³-hybridized carbons (Fsp3) is 0.111. The van der Waals surface area contributed by atoms with Crippen molar-refractivity contribution in [2.75, 3.05) is 0 Å². The van der Waals surface area contributed by atoms with Crippen LogP contribution in [0.2, 0.25) is 0 Å². The lowest BCUT2D eigenvalue weighted by atomic mass is 9.85. The first-order valence-electron chi connectivity index (χ1n) is 9.95. The van der Waals surface area contributed by atoms with Crippen LogP contribution in [0.25, 0.3) is 10.8 Å². The highest BCUT2D eigenvalue weighted by Gasteiger charge is 2.32. The lowest BCUT2D eigenvalue weighted by Crippen LogP contribution is -2.10. The number of rotatable bonds is 3. The molecule has 0 saturated carbocycles. The van der Waals surface area contributed by atoms with Gasteiger partial charge in [-0.2, -0.15) is 5.26 Å². The summed E-state index contributed by atoms with van der Waals surface area (Å²) >= 11 is 0. The van der Waals surface area contributed by atoms with Crippen LogP contribution >= 0.6 is 0 Å². The third-order valence-electron chi connectivity index (χ3n) is 5.79. The third-order valence-corrected chi connectivity index (χ3v) is 5.79. The predicted molar refractivity (Wildman–Crippen MR) is 118 cm³/mol. The van der Waals surface area contributed by atoms with Crippen LogP contribution in [-0.2, 0) is 0 Å². The molecule has 2 atom stereocenters. The maximum atomic E-state index is 9.53. The van der Waals surface area contributed by atoms with E-state index in [1.54, 1.807) is 0 Å². The third kappa shape index (κ3) is 3.11. The SMILES string of the molecule is N#Cc1ccc(C2=NC(c3ccccc3)CC2c2ccccc2)c2ccccc12. The van der Waals surface area contributed by atoms with Gasteiger partial charge >= 0.3 is 0 Å². The lowest BCUT2D eigenvalue weighted by molar-refractivity contribution is 0.679. The smallest absolute Gasteiger partial charge is 0.0998 e.